The van der Waals surface area contributed by atoms with Crippen LogP contribution in [-0.2, 0) is 19.1 Å². The Labute approximate surface area is 126 Å². The summed E-state index contributed by atoms with van der Waals surface area (Å²) in [7, 11) is 0. The third-order valence-electron chi connectivity index (χ3n) is 4.01. The van der Waals surface area contributed by atoms with Gasteiger partial charge in [-0.1, -0.05) is 0 Å². The van der Waals surface area contributed by atoms with Crippen LogP contribution in [0.15, 0.2) is 0 Å². The van der Waals surface area contributed by atoms with Gasteiger partial charge in [0, 0.05) is 19.4 Å². The summed E-state index contributed by atoms with van der Waals surface area (Å²) in [6, 6.07) is -0.704. The summed E-state index contributed by atoms with van der Waals surface area (Å²) < 4.78 is 5.42. The number of urea groups is 1. The number of carbonyl (C=O) groups excluding carboxylic acids is 4. The van der Waals surface area contributed by atoms with E-state index in [9.17, 15) is 29.4 Å². The Bertz CT molecular complexity index is 534. The number of nitrogens with one attached hydrogen (secondary N) is 1. The van der Waals surface area contributed by atoms with Crippen LogP contribution in [0.5, 0.6) is 0 Å². The van der Waals surface area contributed by atoms with E-state index in [1.165, 1.54) is 0 Å². The van der Waals surface area contributed by atoms with Gasteiger partial charge in [-0.05, 0) is 13.8 Å². The number of imide groups is 1. The lowest BCUT2D eigenvalue weighted by atomic mass is 9.86. The smallest absolute Gasteiger partial charge is 0.326 e. The second kappa shape index (κ2) is 5.75. The fourth-order valence-corrected chi connectivity index (χ4v) is 2.64. The molecule has 2 saturated heterocycles. The maximum absolute atomic E-state index is 11.8. The predicted octanol–water partition coefficient (Wildman–Crippen LogP) is -1.69. The first-order chi connectivity index (χ1) is 10.2. The van der Waals surface area contributed by atoms with Crippen LogP contribution >= 0.6 is 0 Å². The molecule has 3 N–H and O–H groups in total. The molecule has 9 heteroatoms. The third kappa shape index (κ3) is 2.74. The molecule has 0 aromatic heterocycles. The Morgan fingerprint density at radius 3 is 2.55 bits per heavy atom. The number of nitrogens with zero attached hydrogens (tertiary/aromatic N) is 1. The number of aliphatic hydroxyl groups is 2. The zero-order chi connectivity index (χ0) is 16.7. The Balaban J connectivity index is 2.23. The first-order valence-corrected chi connectivity index (χ1v) is 6.84. The van der Waals surface area contributed by atoms with Crippen molar-refractivity contribution in [3.8, 4) is 0 Å². The molecule has 0 spiro atoms. The number of aliphatic hydroxyl groups excluding tert-OH is 1. The average molecular weight is 314 g/mol. The van der Waals surface area contributed by atoms with Crippen LogP contribution in [0.25, 0.3) is 0 Å². The molecule has 9 nitrogen and oxygen atoms in total. The van der Waals surface area contributed by atoms with E-state index >= 15 is 0 Å². The molecular formula is C13H18N2O7. The standard InChI is InChI=1S/C13H18N2O7/c1-6(16)10(19)11-13(21,7(2)17)5-9(22-11)15-4-3-8(18)14-12(15)20/h9-11,19,21H,3-5H2,1-2H3,(H,14,18,20)/t9-,10?,11-,13-/m1/s1. The molecular weight excluding hydrogens is 296 g/mol. The van der Waals surface area contributed by atoms with Crippen molar-refractivity contribution in [3.63, 3.8) is 0 Å². The van der Waals surface area contributed by atoms with Crippen molar-refractivity contribution in [1.82, 2.24) is 10.2 Å². The fourth-order valence-electron chi connectivity index (χ4n) is 2.64. The average Bonchev–Trinajstić information content (AvgIpc) is 2.76. The highest BCUT2D eigenvalue weighted by Crippen LogP contribution is 2.36. The van der Waals surface area contributed by atoms with Crippen LogP contribution in [0.1, 0.15) is 26.7 Å². The SMILES string of the molecule is CC(=O)C(O)[C@H]1O[C@@H](N2CCC(=O)NC2=O)C[C@@]1(O)C(C)=O. The molecule has 0 radical (unpaired) electrons. The Morgan fingerprint density at radius 1 is 1.41 bits per heavy atom. The van der Waals surface area contributed by atoms with Crippen molar-refractivity contribution in [3.05, 3.63) is 0 Å². The lowest BCUT2D eigenvalue weighted by Crippen LogP contribution is -2.53. The first-order valence-electron chi connectivity index (χ1n) is 6.84. The fraction of sp³-hybridized carbons (Fsp3) is 0.692. The molecule has 2 rings (SSSR count). The monoisotopic (exact) mass is 314 g/mol. The Kier molecular flexibility index (Phi) is 4.32. The molecule has 0 saturated carbocycles. The zero-order valence-corrected chi connectivity index (χ0v) is 12.2. The lowest BCUT2D eigenvalue weighted by molar-refractivity contribution is -0.159. The Hall–Kier alpha value is -1.84. The van der Waals surface area contributed by atoms with Crippen LogP contribution in [0.4, 0.5) is 4.79 Å². The highest BCUT2D eigenvalue weighted by Gasteiger charge is 2.56. The van der Waals surface area contributed by atoms with Gasteiger partial charge < -0.3 is 14.9 Å². The normalized spacial score (nSPS) is 33.5. The van der Waals surface area contributed by atoms with E-state index < -0.39 is 47.5 Å². The van der Waals surface area contributed by atoms with Crippen LogP contribution in [-0.4, -0.2) is 69.2 Å². The minimum atomic E-state index is -2.07. The molecule has 0 aliphatic carbocycles. The number of carbonyl (C=O) groups is 4. The largest absolute Gasteiger partial charge is 0.382 e. The topological polar surface area (TPSA) is 133 Å². The van der Waals surface area contributed by atoms with E-state index in [2.05, 4.69) is 5.32 Å². The molecule has 22 heavy (non-hydrogen) atoms. The van der Waals surface area contributed by atoms with Crippen molar-refractivity contribution >= 4 is 23.5 Å². The number of hydrogen-bond donors (Lipinski definition) is 3. The quantitative estimate of drug-likeness (QED) is 0.564. The lowest BCUT2D eigenvalue weighted by Gasteiger charge is -2.31. The molecule has 2 aliphatic heterocycles. The molecule has 2 fully saturated rings. The highest BCUT2D eigenvalue weighted by molar-refractivity contribution is 5.97. The first kappa shape index (κ1) is 16.5. The number of ether oxygens (including phenoxy) is 1. The number of amides is 3. The van der Waals surface area contributed by atoms with Gasteiger partial charge in [-0.3, -0.25) is 24.6 Å². The van der Waals surface area contributed by atoms with Crippen LogP contribution < -0.4 is 5.32 Å². The predicted molar refractivity (Wildman–Crippen MR) is 70.5 cm³/mol. The molecule has 0 aromatic rings. The molecule has 2 heterocycles. The molecule has 0 aromatic carbocycles. The van der Waals surface area contributed by atoms with Crippen LogP contribution in [0.3, 0.4) is 0 Å². The van der Waals surface area contributed by atoms with Crippen molar-refractivity contribution in [2.24, 2.45) is 0 Å². The van der Waals surface area contributed by atoms with Gasteiger partial charge in [0.15, 0.2) is 17.2 Å². The van der Waals surface area contributed by atoms with Gasteiger partial charge >= 0.3 is 6.03 Å². The molecule has 1 unspecified atom stereocenters. The second-order valence-corrected chi connectivity index (χ2v) is 5.55. The van der Waals surface area contributed by atoms with Crippen LogP contribution in [0.2, 0.25) is 0 Å². The summed E-state index contributed by atoms with van der Waals surface area (Å²) in [5.74, 6) is -1.77. The molecule has 2 aliphatic rings. The van der Waals surface area contributed by atoms with E-state index in [1.807, 2.05) is 0 Å². The number of hydrogen-bond acceptors (Lipinski definition) is 7. The maximum atomic E-state index is 11.8. The van der Waals surface area contributed by atoms with E-state index in [1.54, 1.807) is 0 Å². The van der Waals surface area contributed by atoms with Crippen molar-refractivity contribution < 1.29 is 34.1 Å². The summed E-state index contributed by atoms with van der Waals surface area (Å²) >= 11 is 0. The highest BCUT2D eigenvalue weighted by atomic mass is 16.6. The zero-order valence-electron chi connectivity index (χ0n) is 12.2. The van der Waals surface area contributed by atoms with E-state index in [0.717, 1.165) is 18.7 Å². The van der Waals surface area contributed by atoms with E-state index in [0.29, 0.717) is 0 Å². The Morgan fingerprint density at radius 2 is 2.05 bits per heavy atom. The number of ketones is 2. The minimum absolute atomic E-state index is 0.0596. The number of rotatable bonds is 4. The van der Waals surface area contributed by atoms with Crippen molar-refractivity contribution in [2.75, 3.05) is 6.54 Å². The molecule has 4 atom stereocenters. The molecule has 3 amide bonds. The second-order valence-electron chi connectivity index (χ2n) is 5.55. The summed E-state index contributed by atoms with van der Waals surface area (Å²) in [5.41, 5.74) is -2.07. The van der Waals surface area contributed by atoms with E-state index in [-0.39, 0.29) is 19.4 Å². The van der Waals surface area contributed by atoms with E-state index in [4.69, 9.17) is 4.74 Å². The van der Waals surface area contributed by atoms with Gasteiger partial charge in [-0.2, -0.15) is 0 Å². The summed E-state index contributed by atoms with van der Waals surface area (Å²) in [6.45, 7) is 2.28. The van der Waals surface area contributed by atoms with Gasteiger partial charge in [0.05, 0.1) is 0 Å². The van der Waals surface area contributed by atoms with Crippen molar-refractivity contribution in [2.45, 2.75) is 50.7 Å². The van der Waals surface area contributed by atoms with Gasteiger partial charge in [-0.25, -0.2) is 4.79 Å². The molecule has 0 bridgehead atoms. The maximum Gasteiger partial charge on any atom is 0.326 e. The van der Waals surface area contributed by atoms with Gasteiger partial charge in [0.2, 0.25) is 5.91 Å². The summed E-state index contributed by atoms with van der Waals surface area (Å²) in [6.07, 6.45) is -4.38. The van der Waals surface area contributed by atoms with Crippen LogP contribution in [0, 0.1) is 0 Å². The van der Waals surface area contributed by atoms with Gasteiger partial charge in [0.25, 0.3) is 0 Å². The summed E-state index contributed by atoms with van der Waals surface area (Å²) in [4.78, 5) is 47.2. The summed E-state index contributed by atoms with van der Waals surface area (Å²) in [5, 5.41) is 22.5. The molecule has 122 valence electrons. The van der Waals surface area contributed by atoms with Gasteiger partial charge in [0.1, 0.15) is 18.4 Å². The minimum Gasteiger partial charge on any atom is -0.382 e. The van der Waals surface area contributed by atoms with Gasteiger partial charge in [-0.15, -0.1) is 0 Å². The van der Waals surface area contributed by atoms with Crippen molar-refractivity contribution in [1.29, 1.82) is 0 Å². The number of Topliss-reactive ketones (excluding diaryl/α,β-unsaturated/α-hetero) is 2. The third-order valence-corrected chi connectivity index (χ3v) is 4.01.